The topological polar surface area (TPSA) is 93.6 Å². The summed E-state index contributed by atoms with van der Waals surface area (Å²) in [5.41, 5.74) is -0.391. The minimum Gasteiger partial charge on any atom is -0.496 e. The van der Waals surface area contributed by atoms with Crippen LogP contribution in [0.5, 0.6) is 5.75 Å². The summed E-state index contributed by atoms with van der Waals surface area (Å²) in [4.78, 5) is 21.0. The van der Waals surface area contributed by atoms with Crippen molar-refractivity contribution in [3.8, 4) is 5.75 Å². The highest BCUT2D eigenvalue weighted by molar-refractivity contribution is 5.91. The molecule has 0 bridgehead atoms. The van der Waals surface area contributed by atoms with Crippen LogP contribution >= 0.6 is 0 Å². The van der Waals surface area contributed by atoms with Gasteiger partial charge in [-0.1, -0.05) is 12.1 Å². The number of carbonyl (C=O) groups excluding carboxylic acids is 1. The zero-order valence-corrected chi connectivity index (χ0v) is 21.1. The Bertz CT molecular complexity index is 1300. The van der Waals surface area contributed by atoms with E-state index in [1.807, 2.05) is 0 Å². The Balaban J connectivity index is 1.72. The molecule has 0 aliphatic heterocycles. The zero-order chi connectivity index (χ0) is 27.0. The fourth-order valence-corrected chi connectivity index (χ4v) is 4.95. The van der Waals surface area contributed by atoms with Crippen LogP contribution in [-0.4, -0.2) is 35.3 Å². The number of ether oxygens (including phenoxy) is 2. The maximum Gasteiger partial charge on any atom is 0.416 e. The molecule has 4 rings (SSSR count). The van der Waals surface area contributed by atoms with E-state index >= 15 is 0 Å². The molecule has 10 heteroatoms. The number of benzene rings is 2. The third kappa shape index (κ3) is 5.49. The van der Waals surface area contributed by atoms with Crippen molar-refractivity contribution in [1.82, 2.24) is 9.97 Å². The molecule has 1 aromatic heterocycles. The molecule has 1 heterocycles. The number of rotatable bonds is 6. The van der Waals surface area contributed by atoms with E-state index in [9.17, 15) is 23.1 Å². The van der Waals surface area contributed by atoms with Crippen molar-refractivity contribution in [2.24, 2.45) is 5.92 Å². The van der Waals surface area contributed by atoms with E-state index in [4.69, 9.17) is 9.47 Å². The van der Waals surface area contributed by atoms with Crippen molar-refractivity contribution >= 4 is 22.7 Å². The summed E-state index contributed by atoms with van der Waals surface area (Å²) in [7, 11) is 2.86. The van der Waals surface area contributed by atoms with Crippen molar-refractivity contribution < 1.29 is 32.5 Å². The number of alkyl halides is 3. The van der Waals surface area contributed by atoms with Crippen LogP contribution in [0.1, 0.15) is 61.2 Å². The number of carbonyl (C=O) groups is 1. The molecule has 1 atom stereocenters. The third-order valence-electron chi connectivity index (χ3n) is 7.04. The van der Waals surface area contributed by atoms with E-state index in [1.54, 1.807) is 32.0 Å². The molecule has 7 nitrogen and oxygen atoms in total. The second kappa shape index (κ2) is 10.2. The number of fused-ring (bicyclic) bond motifs is 1. The van der Waals surface area contributed by atoms with E-state index < -0.39 is 23.4 Å². The van der Waals surface area contributed by atoms with Crippen LogP contribution in [0.4, 0.5) is 19.0 Å². The molecule has 0 saturated heterocycles. The van der Waals surface area contributed by atoms with Gasteiger partial charge in [0.1, 0.15) is 17.4 Å². The Morgan fingerprint density at radius 2 is 1.86 bits per heavy atom. The molecular weight excluding hydrogens is 487 g/mol. The van der Waals surface area contributed by atoms with E-state index in [0.717, 1.165) is 12.1 Å². The number of nitrogens with one attached hydrogen (secondary N) is 1. The largest absolute Gasteiger partial charge is 0.496 e. The molecule has 3 aromatic rings. The molecule has 2 N–H and O–H groups in total. The minimum atomic E-state index is -4.44. The molecule has 198 valence electrons. The average Bonchev–Trinajstić information content (AvgIpc) is 2.87. The maximum atomic E-state index is 13.2. The molecule has 1 fully saturated rings. The molecular formula is C27H30F3N3O4. The second-order valence-electron chi connectivity index (χ2n) is 9.51. The average molecular weight is 518 g/mol. The molecule has 0 spiro atoms. The van der Waals surface area contributed by atoms with Crippen molar-refractivity contribution in [3.63, 3.8) is 0 Å². The number of anilines is 1. The van der Waals surface area contributed by atoms with Crippen molar-refractivity contribution in [2.45, 2.75) is 57.3 Å². The molecule has 1 aliphatic rings. The maximum absolute atomic E-state index is 13.2. The summed E-state index contributed by atoms with van der Waals surface area (Å²) in [6.45, 7) is 3.48. The van der Waals surface area contributed by atoms with Gasteiger partial charge in [-0.05, 0) is 63.3 Å². The van der Waals surface area contributed by atoms with E-state index in [2.05, 4.69) is 15.3 Å². The molecule has 1 aliphatic carbocycles. The molecule has 2 aromatic carbocycles. The monoisotopic (exact) mass is 517 g/mol. The number of aliphatic hydroxyl groups is 1. The van der Waals surface area contributed by atoms with Gasteiger partial charge < -0.3 is 19.9 Å². The van der Waals surface area contributed by atoms with E-state index in [0.29, 0.717) is 65.1 Å². The molecule has 37 heavy (non-hydrogen) atoms. The Morgan fingerprint density at radius 1 is 1.16 bits per heavy atom. The highest BCUT2D eigenvalue weighted by atomic mass is 19.4. The Hall–Kier alpha value is -3.40. The standard InChI is InChI=1S/C27H30F3N3O4/c1-15(18-6-5-7-19(12-18)27(28,29)30)31-24-20-13-21(23(36-3)14-22(20)32-16(2)33-24)26(35)10-8-17(9-11-26)25(34)37-4/h5-7,12-15,17,35H,8-11H2,1-4H3,(H,31,32,33)/t15-,17?,26?/m1/s1. The Morgan fingerprint density at radius 3 is 2.49 bits per heavy atom. The summed E-state index contributed by atoms with van der Waals surface area (Å²) < 4.78 is 50.2. The van der Waals surface area contributed by atoms with Gasteiger partial charge in [0.2, 0.25) is 0 Å². The van der Waals surface area contributed by atoms with Crippen LogP contribution in [0, 0.1) is 12.8 Å². The quantitative estimate of drug-likeness (QED) is 0.406. The van der Waals surface area contributed by atoms with Gasteiger partial charge in [-0.25, -0.2) is 9.97 Å². The predicted octanol–water partition coefficient (Wildman–Crippen LogP) is 5.69. The lowest BCUT2D eigenvalue weighted by Gasteiger charge is -2.36. The van der Waals surface area contributed by atoms with Crippen LogP contribution in [-0.2, 0) is 21.3 Å². The number of halogens is 3. The summed E-state index contributed by atoms with van der Waals surface area (Å²) in [6.07, 6.45) is -2.84. The fraction of sp³-hybridized carbons (Fsp3) is 0.444. The van der Waals surface area contributed by atoms with Gasteiger partial charge >= 0.3 is 12.1 Å². The fourth-order valence-electron chi connectivity index (χ4n) is 4.95. The van der Waals surface area contributed by atoms with Crippen molar-refractivity contribution in [2.75, 3.05) is 19.5 Å². The van der Waals surface area contributed by atoms with Crippen LogP contribution in [0.15, 0.2) is 36.4 Å². The van der Waals surface area contributed by atoms with Crippen molar-refractivity contribution in [1.29, 1.82) is 0 Å². The first-order chi connectivity index (χ1) is 17.4. The SMILES string of the molecule is COC(=O)C1CCC(O)(c2cc3c(N[C@H](C)c4cccc(C(F)(F)F)c4)nc(C)nc3cc2OC)CC1. The molecule has 1 saturated carbocycles. The van der Waals surface area contributed by atoms with Crippen LogP contribution in [0.2, 0.25) is 0 Å². The van der Waals surface area contributed by atoms with Crippen LogP contribution in [0.3, 0.4) is 0 Å². The summed E-state index contributed by atoms with van der Waals surface area (Å²) in [5.74, 6) is 0.808. The van der Waals surface area contributed by atoms with Gasteiger partial charge in [0, 0.05) is 23.1 Å². The number of esters is 1. The normalized spacial score (nSPS) is 20.9. The van der Waals surface area contributed by atoms with E-state index in [-0.39, 0.29) is 11.9 Å². The highest BCUT2D eigenvalue weighted by Gasteiger charge is 2.40. The lowest BCUT2D eigenvalue weighted by molar-refractivity contribution is -0.148. The number of aromatic nitrogens is 2. The first kappa shape index (κ1) is 26.7. The lowest BCUT2D eigenvalue weighted by Crippen LogP contribution is -2.34. The first-order valence-corrected chi connectivity index (χ1v) is 12.1. The van der Waals surface area contributed by atoms with Crippen LogP contribution in [0.25, 0.3) is 10.9 Å². The molecule has 0 amide bonds. The predicted molar refractivity (Wildman–Crippen MR) is 132 cm³/mol. The first-order valence-electron chi connectivity index (χ1n) is 12.1. The van der Waals surface area contributed by atoms with Gasteiger partial charge in [-0.2, -0.15) is 13.2 Å². The van der Waals surface area contributed by atoms with Gasteiger partial charge in [0.05, 0.1) is 36.8 Å². The Kier molecular flexibility index (Phi) is 7.32. The highest BCUT2D eigenvalue weighted by Crippen LogP contribution is 2.45. The minimum absolute atomic E-state index is 0.270. The smallest absolute Gasteiger partial charge is 0.416 e. The lowest BCUT2D eigenvalue weighted by atomic mass is 9.74. The summed E-state index contributed by atoms with van der Waals surface area (Å²) in [6, 6.07) is 8.16. The summed E-state index contributed by atoms with van der Waals surface area (Å²) >= 11 is 0. The van der Waals surface area contributed by atoms with Crippen LogP contribution < -0.4 is 10.1 Å². The number of hydrogen-bond acceptors (Lipinski definition) is 7. The van der Waals surface area contributed by atoms with Gasteiger partial charge in [0.15, 0.2) is 0 Å². The van der Waals surface area contributed by atoms with E-state index in [1.165, 1.54) is 20.3 Å². The number of aryl methyl sites for hydroxylation is 1. The second-order valence-corrected chi connectivity index (χ2v) is 9.51. The summed E-state index contributed by atoms with van der Waals surface area (Å²) in [5, 5.41) is 15.4. The third-order valence-corrected chi connectivity index (χ3v) is 7.04. The number of nitrogens with zero attached hydrogens (tertiary/aromatic N) is 2. The van der Waals surface area contributed by atoms with Crippen molar-refractivity contribution in [3.05, 3.63) is 58.9 Å². The molecule has 0 radical (unpaired) electrons. The number of hydrogen-bond donors (Lipinski definition) is 2. The zero-order valence-electron chi connectivity index (χ0n) is 21.1. The van der Waals surface area contributed by atoms with Gasteiger partial charge in [-0.15, -0.1) is 0 Å². The Labute approximate surface area is 213 Å². The molecule has 0 unspecified atom stereocenters. The number of methoxy groups -OCH3 is 2. The van der Waals surface area contributed by atoms with Gasteiger partial charge in [-0.3, -0.25) is 4.79 Å². The van der Waals surface area contributed by atoms with Gasteiger partial charge in [0.25, 0.3) is 0 Å².